The molecule has 0 bridgehead atoms. The topological polar surface area (TPSA) is 60.7 Å². The van der Waals surface area contributed by atoms with Crippen LogP contribution in [0.5, 0.6) is 0 Å². The second kappa shape index (κ2) is 6.17. The first-order chi connectivity index (χ1) is 9.26. The maximum absolute atomic E-state index is 9.20. The van der Waals surface area contributed by atoms with Gasteiger partial charge in [-0.05, 0) is 25.6 Å². The highest BCUT2D eigenvalue weighted by Crippen LogP contribution is 2.25. The van der Waals surface area contributed by atoms with Gasteiger partial charge in [-0.3, -0.25) is 4.98 Å². The van der Waals surface area contributed by atoms with Gasteiger partial charge in [-0.1, -0.05) is 25.1 Å². The Balaban J connectivity index is 2.32. The number of hydrogen-bond donors (Lipinski definition) is 2. The summed E-state index contributed by atoms with van der Waals surface area (Å²) in [5.41, 5.74) is 2.39. The van der Waals surface area contributed by atoms with Crippen LogP contribution in [-0.2, 0) is 0 Å². The van der Waals surface area contributed by atoms with E-state index in [1.165, 1.54) is 0 Å². The van der Waals surface area contributed by atoms with Gasteiger partial charge in [-0.2, -0.15) is 5.26 Å². The molecule has 0 aliphatic heterocycles. The van der Waals surface area contributed by atoms with E-state index in [4.69, 9.17) is 0 Å². The predicted octanol–water partition coefficient (Wildman–Crippen LogP) is 2.37. The lowest BCUT2D eigenvalue weighted by atomic mass is 10.1. The number of benzene rings is 1. The molecular formula is C15H18N4. The van der Waals surface area contributed by atoms with Gasteiger partial charge in [0.05, 0.1) is 16.8 Å². The van der Waals surface area contributed by atoms with Crippen LogP contribution in [0.15, 0.2) is 30.5 Å². The van der Waals surface area contributed by atoms with E-state index < -0.39 is 0 Å². The fraction of sp³-hybridized carbons (Fsp3) is 0.333. The van der Waals surface area contributed by atoms with E-state index in [-0.39, 0.29) is 0 Å². The molecule has 2 aromatic rings. The minimum atomic E-state index is 0.489. The summed E-state index contributed by atoms with van der Waals surface area (Å²) in [6.45, 7) is 3.93. The molecule has 1 aromatic carbocycles. The summed E-state index contributed by atoms with van der Waals surface area (Å²) in [5, 5.41) is 16.7. The average Bonchev–Trinajstić information content (AvgIpc) is 2.44. The molecule has 19 heavy (non-hydrogen) atoms. The summed E-state index contributed by atoms with van der Waals surface area (Å²) in [6.07, 6.45) is 1.63. The van der Waals surface area contributed by atoms with E-state index in [0.717, 1.165) is 29.7 Å². The maximum atomic E-state index is 9.20. The van der Waals surface area contributed by atoms with Gasteiger partial charge >= 0.3 is 0 Å². The molecule has 0 saturated carbocycles. The van der Waals surface area contributed by atoms with Crippen LogP contribution in [0.25, 0.3) is 10.9 Å². The van der Waals surface area contributed by atoms with Gasteiger partial charge in [0.15, 0.2) is 0 Å². The van der Waals surface area contributed by atoms with Crippen LogP contribution in [0.1, 0.15) is 12.5 Å². The molecule has 1 heterocycles. The highest BCUT2D eigenvalue weighted by Gasteiger charge is 2.09. The van der Waals surface area contributed by atoms with Gasteiger partial charge < -0.3 is 10.6 Å². The molecule has 2 rings (SSSR count). The predicted molar refractivity (Wildman–Crippen MR) is 78.0 cm³/mol. The van der Waals surface area contributed by atoms with Crippen LogP contribution in [0.4, 0.5) is 5.69 Å². The Bertz CT molecular complexity index is 601. The standard InChI is InChI=1S/C15H18N4/c1-11(8-17-2)9-19-15-12(7-16)10-18-14-6-4-3-5-13(14)15/h3-6,10-11,17H,8-9H2,1-2H3,(H,18,19). The molecule has 0 radical (unpaired) electrons. The number of nitrogens with zero attached hydrogens (tertiary/aromatic N) is 2. The number of aromatic nitrogens is 1. The van der Waals surface area contributed by atoms with Crippen LogP contribution in [0, 0.1) is 17.2 Å². The van der Waals surface area contributed by atoms with E-state index in [1.807, 2.05) is 31.3 Å². The molecule has 98 valence electrons. The first kappa shape index (κ1) is 13.3. The van der Waals surface area contributed by atoms with Crippen molar-refractivity contribution in [3.63, 3.8) is 0 Å². The number of nitrogens with one attached hydrogen (secondary N) is 2. The Morgan fingerprint density at radius 2 is 2.11 bits per heavy atom. The van der Waals surface area contributed by atoms with Crippen molar-refractivity contribution in [1.29, 1.82) is 5.26 Å². The van der Waals surface area contributed by atoms with Gasteiger partial charge in [0.1, 0.15) is 6.07 Å². The molecule has 1 unspecified atom stereocenters. The van der Waals surface area contributed by atoms with Crippen molar-refractivity contribution in [2.24, 2.45) is 5.92 Å². The molecule has 0 aliphatic rings. The summed E-state index contributed by atoms with van der Waals surface area (Å²) < 4.78 is 0. The largest absolute Gasteiger partial charge is 0.383 e. The van der Waals surface area contributed by atoms with Crippen molar-refractivity contribution >= 4 is 16.6 Å². The minimum absolute atomic E-state index is 0.489. The number of fused-ring (bicyclic) bond motifs is 1. The first-order valence-electron chi connectivity index (χ1n) is 6.42. The van der Waals surface area contributed by atoms with Crippen LogP contribution in [-0.4, -0.2) is 25.1 Å². The third-order valence-corrected chi connectivity index (χ3v) is 3.08. The Morgan fingerprint density at radius 1 is 1.32 bits per heavy atom. The summed E-state index contributed by atoms with van der Waals surface area (Å²) in [7, 11) is 1.94. The van der Waals surface area contributed by atoms with Crippen molar-refractivity contribution in [3.05, 3.63) is 36.0 Å². The monoisotopic (exact) mass is 254 g/mol. The van der Waals surface area contributed by atoms with Crippen LogP contribution in [0.3, 0.4) is 0 Å². The lowest BCUT2D eigenvalue weighted by molar-refractivity contribution is 0.570. The zero-order valence-corrected chi connectivity index (χ0v) is 11.3. The molecule has 4 heteroatoms. The number of para-hydroxylation sites is 1. The molecule has 1 atom stereocenters. The Morgan fingerprint density at radius 3 is 2.84 bits per heavy atom. The van der Waals surface area contributed by atoms with Crippen LogP contribution >= 0.6 is 0 Å². The Hall–Kier alpha value is -2.12. The summed E-state index contributed by atoms with van der Waals surface area (Å²) in [5.74, 6) is 0.489. The third kappa shape index (κ3) is 3.01. The number of nitriles is 1. The third-order valence-electron chi connectivity index (χ3n) is 3.08. The molecule has 0 saturated heterocycles. The van der Waals surface area contributed by atoms with Crippen LogP contribution in [0.2, 0.25) is 0 Å². The molecular weight excluding hydrogens is 236 g/mol. The van der Waals surface area contributed by atoms with Gasteiger partial charge in [0.25, 0.3) is 0 Å². The fourth-order valence-corrected chi connectivity index (χ4v) is 2.11. The van der Waals surface area contributed by atoms with E-state index in [0.29, 0.717) is 11.5 Å². The lowest BCUT2D eigenvalue weighted by Crippen LogP contribution is -2.23. The molecule has 0 amide bonds. The minimum Gasteiger partial charge on any atom is -0.383 e. The summed E-state index contributed by atoms with van der Waals surface area (Å²) in [4.78, 5) is 4.30. The number of anilines is 1. The highest BCUT2D eigenvalue weighted by molar-refractivity contribution is 5.93. The zero-order chi connectivity index (χ0) is 13.7. The van der Waals surface area contributed by atoms with E-state index in [1.54, 1.807) is 6.20 Å². The highest BCUT2D eigenvalue weighted by atomic mass is 14.9. The molecule has 4 nitrogen and oxygen atoms in total. The number of rotatable bonds is 5. The smallest absolute Gasteiger partial charge is 0.103 e. The summed E-state index contributed by atoms with van der Waals surface area (Å²) >= 11 is 0. The summed E-state index contributed by atoms with van der Waals surface area (Å²) in [6, 6.07) is 10.1. The molecule has 2 N–H and O–H groups in total. The van der Waals surface area contributed by atoms with Gasteiger partial charge in [-0.15, -0.1) is 0 Å². The maximum Gasteiger partial charge on any atom is 0.103 e. The number of hydrogen-bond acceptors (Lipinski definition) is 4. The Labute approximate surface area is 113 Å². The van der Waals surface area contributed by atoms with Crippen molar-refractivity contribution in [3.8, 4) is 6.07 Å². The van der Waals surface area contributed by atoms with Crippen LogP contribution < -0.4 is 10.6 Å². The first-order valence-corrected chi connectivity index (χ1v) is 6.42. The second-order valence-corrected chi connectivity index (χ2v) is 4.72. The molecule has 1 aromatic heterocycles. The van der Waals surface area contributed by atoms with Gasteiger partial charge in [-0.25, -0.2) is 0 Å². The molecule has 0 spiro atoms. The molecule has 0 fully saturated rings. The zero-order valence-electron chi connectivity index (χ0n) is 11.3. The quantitative estimate of drug-likeness (QED) is 0.860. The lowest BCUT2D eigenvalue weighted by Gasteiger charge is -2.15. The Kier molecular flexibility index (Phi) is 4.32. The van der Waals surface area contributed by atoms with Crippen molar-refractivity contribution in [2.75, 3.05) is 25.5 Å². The van der Waals surface area contributed by atoms with Crippen molar-refractivity contribution in [1.82, 2.24) is 10.3 Å². The van der Waals surface area contributed by atoms with Gasteiger partial charge in [0.2, 0.25) is 0 Å². The van der Waals surface area contributed by atoms with E-state index in [2.05, 4.69) is 28.6 Å². The second-order valence-electron chi connectivity index (χ2n) is 4.72. The molecule has 0 aliphatic carbocycles. The number of pyridine rings is 1. The van der Waals surface area contributed by atoms with Crippen molar-refractivity contribution in [2.45, 2.75) is 6.92 Å². The van der Waals surface area contributed by atoms with E-state index in [9.17, 15) is 5.26 Å². The normalized spacial score (nSPS) is 12.1. The van der Waals surface area contributed by atoms with Crippen molar-refractivity contribution < 1.29 is 0 Å². The SMILES string of the molecule is CNCC(C)CNc1c(C#N)cnc2ccccc12. The van der Waals surface area contributed by atoms with Gasteiger partial charge in [0, 0.05) is 18.1 Å². The average molecular weight is 254 g/mol. The van der Waals surface area contributed by atoms with E-state index >= 15 is 0 Å². The fourth-order valence-electron chi connectivity index (χ4n) is 2.11.